The lowest BCUT2D eigenvalue weighted by Gasteiger charge is -2.14. The molecule has 4 heteroatoms. The topological polar surface area (TPSA) is 29.5 Å². The molecule has 0 aromatic heterocycles. The Morgan fingerprint density at radius 2 is 1.89 bits per heavy atom. The van der Waals surface area contributed by atoms with Gasteiger partial charge in [-0.1, -0.05) is 39.7 Å². The number of rotatable bonds is 3. The third-order valence-electron chi connectivity index (χ3n) is 2.87. The summed E-state index contributed by atoms with van der Waals surface area (Å²) in [5.74, 6) is 0.560. The summed E-state index contributed by atoms with van der Waals surface area (Å²) in [6.45, 7) is 1.99. The summed E-state index contributed by atoms with van der Waals surface area (Å²) < 4.78 is 6.11. The highest BCUT2D eigenvalue weighted by Gasteiger charge is 2.13. The summed E-state index contributed by atoms with van der Waals surface area (Å²) in [4.78, 5) is 0. The van der Waals surface area contributed by atoms with Gasteiger partial charge < -0.3 is 9.84 Å². The molecule has 0 bridgehead atoms. The Balaban J connectivity index is 2.40. The maximum absolute atomic E-state index is 10.4. The maximum Gasteiger partial charge on any atom is 0.137 e. The highest BCUT2D eigenvalue weighted by atomic mass is 79.9. The van der Waals surface area contributed by atoms with Crippen molar-refractivity contribution in [3.8, 4) is 5.75 Å². The summed E-state index contributed by atoms with van der Waals surface area (Å²) >= 11 is 9.42. The smallest absolute Gasteiger partial charge is 0.137 e. The van der Waals surface area contributed by atoms with E-state index in [-0.39, 0.29) is 0 Å². The summed E-state index contributed by atoms with van der Waals surface area (Å²) in [5.41, 5.74) is 2.67. The molecule has 2 aromatic carbocycles. The zero-order chi connectivity index (χ0) is 14.0. The van der Waals surface area contributed by atoms with Crippen LogP contribution in [0.15, 0.2) is 40.9 Å². The lowest BCUT2D eigenvalue weighted by molar-refractivity contribution is 0.219. The Morgan fingerprint density at radius 3 is 2.53 bits per heavy atom. The number of aliphatic hydroxyl groups excluding tert-OH is 1. The molecule has 0 heterocycles. The first-order chi connectivity index (χ1) is 9.01. The first kappa shape index (κ1) is 14.4. The van der Waals surface area contributed by atoms with Crippen LogP contribution >= 0.6 is 27.5 Å². The van der Waals surface area contributed by atoms with Crippen molar-refractivity contribution < 1.29 is 9.84 Å². The second-order valence-corrected chi connectivity index (χ2v) is 5.68. The number of hydrogen-bond donors (Lipinski definition) is 1. The van der Waals surface area contributed by atoms with Gasteiger partial charge in [-0.05, 0) is 47.9 Å². The van der Waals surface area contributed by atoms with E-state index < -0.39 is 6.10 Å². The largest absolute Gasteiger partial charge is 0.495 e. The Morgan fingerprint density at radius 1 is 1.16 bits per heavy atom. The minimum Gasteiger partial charge on any atom is -0.495 e. The van der Waals surface area contributed by atoms with Crippen LogP contribution in [0.3, 0.4) is 0 Å². The SMILES string of the molecule is COc1cc(C(O)c2cc(C)cc(Br)c2)ccc1Cl. The fourth-order valence-electron chi connectivity index (χ4n) is 1.96. The van der Waals surface area contributed by atoms with Crippen LogP contribution in [0.5, 0.6) is 5.75 Å². The van der Waals surface area contributed by atoms with Gasteiger partial charge in [0.1, 0.15) is 11.9 Å². The zero-order valence-corrected chi connectivity index (χ0v) is 13.0. The van der Waals surface area contributed by atoms with Crippen LogP contribution < -0.4 is 4.74 Å². The molecular weight excluding hydrogens is 328 g/mol. The molecular formula is C15H14BrClO2. The van der Waals surface area contributed by atoms with E-state index in [0.29, 0.717) is 10.8 Å². The molecule has 0 fully saturated rings. The number of halogens is 2. The fourth-order valence-corrected chi connectivity index (χ4v) is 2.78. The molecule has 1 N–H and O–H groups in total. The summed E-state index contributed by atoms with van der Waals surface area (Å²) in [6, 6.07) is 11.1. The predicted molar refractivity (Wildman–Crippen MR) is 80.9 cm³/mol. The van der Waals surface area contributed by atoms with Crippen LogP contribution in [-0.2, 0) is 0 Å². The molecule has 0 radical (unpaired) electrons. The average molecular weight is 342 g/mol. The number of methoxy groups -OCH3 is 1. The van der Waals surface area contributed by atoms with Crippen LogP contribution in [-0.4, -0.2) is 12.2 Å². The highest BCUT2D eigenvalue weighted by molar-refractivity contribution is 9.10. The van der Waals surface area contributed by atoms with Crippen molar-refractivity contribution in [2.75, 3.05) is 7.11 Å². The second-order valence-electron chi connectivity index (χ2n) is 4.36. The van der Waals surface area contributed by atoms with E-state index in [1.165, 1.54) is 0 Å². The molecule has 1 unspecified atom stereocenters. The van der Waals surface area contributed by atoms with Gasteiger partial charge in [0.05, 0.1) is 12.1 Å². The van der Waals surface area contributed by atoms with Gasteiger partial charge in [0, 0.05) is 4.47 Å². The van der Waals surface area contributed by atoms with Crippen molar-refractivity contribution in [3.05, 3.63) is 62.6 Å². The molecule has 0 amide bonds. The molecule has 100 valence electrons. The minimum absolute atomic E-state index is 0.531. The molecule has 0 spiro atoms. The minimum atomic E-state index is -0.706. The number of ether oxygens (including phenoxy) is 1. The first-order valence-electron chi connectivity index (χ1n) is 5.80. The number of aryl methyl sites for hydroxylation is 1. The van der Waals surface area contributed by atoms with Gasteiger partial charge in [-0.3, -0.25) is 0 Å². The molecule has 19 heavy (non-hydrogen) atoms. The molecule has 2 aromatic rings. The number of aliphatic hydroxyl groups is 1. The second kappa shape index (κ2) is 5.95. The summed E-state index contributed by atoms with van der Waals surface area (Å²) in [5, 5.41) is 11.0. The number of hydrogen-bond acceptors (Lipinski definition) is 2. The Bertz CT molecular complexity index is 578. The fraction of sp³-hybridized carbons (Fsp3) is 0.200. The zero-order valence-electron chi connectivity index (χ0n) is 10.7. The van der Waals surface area contributed by atoms with E-state index in [4.69, 9.17) is 16.3 Å². The Labute approximate surface area is 126 Å². The van der Waals surface area contributed by atoms with Gasteiger partial charge in [-0.25, -0.2) is 0 Å². The monoisotopic (exact) mass is 340 g/mol. The number of benzene rings is 2. The van der Waals surface area contributed by atoms with E-state index in [0.717, 1.165) is 21.2 Å². The van der Waals surface area contributed by atoms with Crippen LogP contribution in [0.4, 0.5) is 0 Å². The van der Waals surface area contributed by atoms with Gasteiger partial charge in [0.15, 0.2) is 0 Å². The van der Waals surface area contributed by atoms with Crippen molar-refractivity contribution >= 4 is 27.5 Å². The van der Waals surface area contributed by atoms with Gasteiger partial charge in [-0.15, -0.1) is 0 Å². The standard InChI is InChI=1S/C15H14BrClO2/c1-9-5-11(7-12(16)6-9)15(18)10-3-4-13(17)14(8-10)19-2/h3-8,15,18H,1-2H3. The molecule has 2 nitrogen and oxygen atoms in total. The Kier molecular flexibility index (Phi) is 4.50. The van der Waals surface area contributed by atoms with Crippen LogP contribution in [0.1, 0.15) is 22.8 Å². The quantitative estimate of drug-likeness (QED) is 0.890. The van der Waals surface area contributed by atoms with E-state index in [2.05, 4.69) is 15.9 Å². The summed E-state index contributed by atoms with van der Waals surface area (Å²) in [6.07, 6.45) is -0.706. The van der Waals surface area contributed by atoms with E-state index in [1.54, 1.807) is 25.3 Å². The first-order valence-corrected chi connectivity index (χ1v) is 6.97. The third-order valence-corrected chi connectivity index (χ3v) is 3.64. The van der Waals surface area contributed by atoms with Gasteiger partial charge in [-0.2, -0.15) is 0 Å². The molecule has 0 saturated heterocycles. The van der Waals surface area contributed by atoms with Gasteiger partial charge >= 0.3 is 0 Å². The molecule has 2 rings (SSSR count). The predicted octanol–water partition coefficient (Wildman–Crippen LogP) is 4.50. The Hall–Kier alpha value is -1.03. The molecule has 1 atom stereocenters. The van der Waals surface area contributed by atoms with Crippen molar-refractivity contribution in [1.29, 1.82) is 0 Å². The van der Waals surface area contributed by atoms with Crippen LogP contribution in [0.25, 0.3) is 0 Å². The lowest BCUT2D eigenvalue weighted by Crippen LogP contribution is -2.01. The van der Waals surface area contributed by atoms with E-state index in [1.807, 2.05) is 25.1 Å². The maximum atomic E-state index is 10.4. The van der Waals surface area contributed by atoms with E-state index >= 15 is 0 Å². The lowest BCUT2D eigenvalue weighted by atomic mass is 10.00. The average Bonchev–Trinajstić information content (AvgIpc) is 2.37. The highest BCUT2D eigenvalue weighted by Crippen LogP contribution is 2.31. The van der Waals surface area contributed by atoms with Crippen molar-refractivity contribution in [2.24, 2.45) is 0 Å². The van der Waals surface area contributed by atoms with Crippen molar-refractivity contribution in [2.45, 2.75) is 13.0 Å². The van der Waals surface area contributed by atoms with Gasteiger partial charge in [0.25, 0.3) is 0 Å². The normalized spacial score (nSPS) is 12.3. The van der Waals surface area contributed by atoms with Gasteiger partial charge in [0.2, 0.25) is 0 Å². The van der Waals surface area contributed by atoms with E-state index in [9.17, 15) is 5.11 Å². The molecule has 0 aliphatic rings. The molecule has 0 aliphatic carbocycles. The van der Waals surface area contributed by atoms with Crippen LogP contribution in [0.2, 0.25) is 5.02 Å². The van der Waals surface area contributed by atoms with Crippen LogP contribution in [0, 0.1) is 6.92 Å². The van der Waals surface area contributed by atoms with Crippen molar-refractivity contribution in [1.82, 2.24) is 0 Å². The van der Waals surface area contributed by atoms with Crippen molar-refractivity contribution in [3.63, 3.8) is 0 Å². The molecule has 0 saturated carbocycles. The third kappa shape index (κ3) is 3.30. The molecule has 0 aliphatic heterocycles. The summed E-state index contributed by atoms with van der Waals surface area (Å²) in [7, 11) is 1.56.